The van der Waals surface area contributed by atoms with Crippen molar-refractivity contribution in [2.75, 3.05) is 0 Å². The van der Waals surface area contributed by atoms with Crippen molar-refractivity contribution in [1.29, 1.82) is 0 Å². The first-order valence-electron chi connectivity index (χ1n) is 4.35. The summed E-state index contributed by atoms with van der Waals surface area (Å²) >= 11 is 0. The minimum absolute atomic E-state index is 0.656. The van der Waals surface area contributed by atoms with Gasteiger partial charge in [0.25, 0.3) is 0 Å². The topological polar surface area (TPSA) is 50.9 Å². The van der Waals surface area contributed by atoms with Crippen LogP contribution in [0.1, 0.15) is 17.4 Å². The summed E-state index contributed by atoms with van der Waals surface area (Å²) in [5.74, 6) is 0. The van der Waals surface area contributed by atoms with Crippen LogP contribution in [0.2, 0.25) is 0 Å². The molecule has 1 unspecified atom stereocenters. The van der Waals surface area contributed by atoms with Gasteiger partial charge in [-0.1, -0.05) is 6.07 Å². The Hall–Kier alpha value is -1.68. The maximum Gasteiger partial charge on any atom is 0.122 e. The Kier molecular flexibility index (Phi) is 2.28. The van der Waals surface area contributed by atoms with E-state index in [0.29, 0.717) is 0 Å². The smallest absolute Gasteiger partial charge is 0.122 e. The second kappa shape index (κ2) is 3.59. The zero-order valence-electron chi connectivity index (χ0n) is 7.83. The zero-order chi connectivity index (χ0) is 9.97. The molecule has 0 aliphatic heterocycles. The summed E-state index contributed by atoms with van der Waals surface area (Å²) in [6.07, 6.45) is 4.34. The van der Waals surface area contributed by atoms with Crippen LogP contribution in [-0.2, 0) is 7.05 Å². The third-order valence-electron chi connectivity index (χ3n) is 2.14. The number of aryl methyl sites for hydroxylation is 1. The molecule has 0 saturated carbocycles. The van der Waals surface area contributed by atoms with Crippen LogP contribution >= 0.6 is 0 Å². The number of aromatic nitrogens is 3. The second-order valence-corrected chi connectivity index (χ2v) is 3.07. The molecule has 0 aliphatic carbocycles. The van der Waals surface area contributed by atoms with Gasteiger partial charge in [0, 0.05) is 31.2 Å². The van der Waals surface area contributed by atoms with Crippen LogP contribution in [0.4, 0.5) is 0 Å². The van der Waals surface area contributed by atoms with E-state index >= 15 is 0 Å². The summed E-state index contributed by atoms with van der Waals surface area (Å²) in [7, 11) is 1.80. The monoisotopic (exact) mass is 189 g/mol. The van der Waals surface area contributed by atoms with Crippen LogP contribution in [0.3, 0.4) is 0 Å². The minimum atomic E-state index is -0.656. The van der Waals surface area contributed by atoms with Crippen LogP contribution in [-0.4, -0.2) is 19.9 Å². The molecule has 0 amide bonds. The van der Waals surface area contributed by atoms with E-state index in [4.69, 9.17) is 0 Å². The first-order chi connectivity index (χ1) is 6.79. The van der Waals surface area contributed by atoms with Gasteiger partial charge in [0.15, 0.2) is 0 Å². The predicted octanol–water partition coefficient (Wildman–Crippen LogP) is 0.897. The van der Waals surface area contributed by atoms with E-state index in [-0.39, 0.29) is 0 Å². The predicted molar refractivity (Wildman–Crippen MR) is 51.5 cm³/mol. The lowest BCUT2D eigenvalue weighted by atomic mass is 10.1. The molecule has 1 atom stereocenters. The van der Waals surface area contributed by atoms with Crippen LogP contribution in [0.5, 0.6) is 0 Å². The van der Waals surface area contributed by atoms with Gasteiger partial charge in [-0.2, -0.15) is 5.10 Å². The average Bonchev–Trinajstić information content (AvgIpc) is 2.65. The van der Waals surface area contributed by atoms with E-state index < -0.39 is 6.10 Å². The molecule has 2 aromatic heterocycles. The minimum Gasteiger partial charge on any atom is -0.382 e. The third-order valence-corrected chi connectivity index (χ3v) is 2.14. The molecule has 2 rings (SSSR count). The maximum absolute atomic E-state index is 9.96. The number of aliphatic hydroxyl groups is 1. The van der Waals surface area contributed by atoms with Gasteiger partial charge < -0.3 is 5.11 Å². The van der Waals surface area contributed by atoms with Gasteiger partial charge in [0.05, 0.1) is 5.69 Å². The van der Waals surface area contributed by atoms with E-state index in [9.17, 15) is 5.11 Å². The standard InChI is InChI=1S/C10H11N3O/c1-13-9(4-6-12-13)10(14)8-3-2-5-11-7-8/h2-7,10,14H,1H3. The highest BCUT2D eigenvalue weighted by Crippen LogP contribution is 2.19. The number of hydrogen-bond acceptors (Lipinski definition) is 3. The van der Waals surface area contributed by atoms with Crippen LogP contribution < -0.4 is 0 Å². The molecule has 0 bridgehead atoms. The molecule has 0 aliphatic rings. The van der Waals surface area contributed by atoms with E-state index in [2.05, 4.69) is 10.1 Å². The Morgan fingerprint density at radius 1 is 1.36 bits per heavy atom. The largest absolute Gasteiger partial charge is 0.382 e. The van der Waals surface area contributed by atoms with Crippen LogP contribution in [0, 0.1) is 0 Å². The quantitative estimate of drug-likeness (QED) is 0.763. The number of pyridine rings is 1. The Balaban J connectivity index is 2.34. The van der Waals surface area contributed by atoms with Gasteiger partial charge in [0.2, 0.25) is 0 Å². The molecular weight excluding hydrogens is 178 g/mol. The van der Waals surface area contributed by atoms with E-state index in [1.54, 1.807) is 42.5 Å². The Labute approximate surface area is 81.8 Å². The first-order valence-corrected chi connectivity index (χ1v) is 4.35. The molecular formula is C10H11N3O. The van der Waals surface area contributed by atoms with Gasteiger partial charge in [0.1, 0.15) is 6.10 Å². The van der Waals surface area contributed by atoms with Crippen molar-refractivity contribution in [3.8, 4) is 0 Å². The Morgan fingerprint density at radius 3 is 2.79 bits per heavy atom. The van der Waals surface area contributed by atoms with Gasteiger partial charge in [-0.3, -0.25) is 9.67 Å². The lowest BCUT2D eigenvalue weighted by Crippen LogP contribution is -2.06. The fourth-order valence-electron chi connectivity index (χ4n) is 1.36. The highest BCUT2D eigenvalue weighted by Gasteiger charge is 2.13. The maximum atomic E-state index is 9.96. The lowest BCUT2D eigenvalue weighted by Gasteiger charge is -2.10. The molecule has 2 aromatic rings. The van der Waals surface area contributed by atoms with Crippen LogP contribution in [0.15, 0.2) is 36.8 Å². The molecule has 0 aromatic carbocycles. The van der Waals surface area contributed by atoms with Crippen molar-refractivity contribution in [2.24, 2.45) is 7.05 Å². The fraction of sp³-hybridized carbons (Fsp3) is 0.200. The molecule has 0 radical (unpaired) electrons. The van der Waals surface area contributed by atoms with E-state index in [0.717, 1.165) is 11.3 Å². The summed E-state index contributed by atoms with van der Waals surface area (Å²) in [5.41, 5.74) is 1.54. The third kappa shape index (κ3) is 1.52. The molecule has 1 N–H and O–H groups in total. The molecule has 72 valence electrons. The van der Waals surface area contributed by atoms with Gasteiger partial charge in [-0.05, 0) is 12.1 Å². The molecule has 0 fully saturated rings. The fourth-order valence-corrected chi connectivity index (χ4v) is 1.36. The summed E-state index contributed by atoms with van der Waals surface area (Å²) in [6, 6.07) is 5.43. The van der Waals surface area contributed by atoms with E-state index in [1.807, 2.05) is 6.07 Å². The number of hydrogen-bond donors (Lipinski definition) is 1. The van der Waals surface area contributed by atoms with Crippen molar-refractivity contribution in [2.45, 2.75) is 6.10 Å². The number of nitrogens with zero attached hydrogens (tertiary/aromatic N) is 3. The van der Waals surface area contributed by atoms with Crippen molar-refractivity contribution in [3.05, 3.63) is 48.0 Å². The summed E-state index contributed by atoms with van der Waals surface area (Å²) < 4.78 is 1.65. The Bertz CT molecular complexity index is 410. The summed E-state index contributed by atoms with van der Waals surface area (Å²) in [6.45, 7) is 0. The lowest BCUT2D eigenvalue weighted by molar-refractivity contribution is 0.209. The highest BCUT2D eigenvalue weighted by molar-refractivity contribution is 5.21. The Morgan fingerprint density at radius 2 is 2.21 bits per heavy atom. The van der Waals surface area contributed by atoms with Gasteiger partial charge in [-0.25, -0.2) is 0 Å². The SMILES string of the molecule is Cn1nccc1C(O)c1cccnc1. The van der Waals surface area contributed by atoms with Crippen molar-refractivity contribution in [1.82, 2.24) is 14.8 Å². The number of rotatable bonds is 2. The summed E-state index contributed by atoms with van der Waals surface area (Å²) in [4.78, 5) is 3.96. The average molecular weight is 189 g/mol. The molecule has 0 saturated heterocycles. The van der Waals surface area contributed by atoms with Gasteiger partial charge >= 0.3 is 0 Å². The zero-order valence-corrected chi connectivity index (χ0v) is 7.83. The van der Waals surface area contributed by atoms with Crippen molar-refractivity contribution >= 4 is 0 Å². The summed E-state index contributed by atoms with van der Waals surface area (Å²) in [5, 5.41) is 14.0. The van der Waals surface area contributed by atoms with Gasteiger partial charge in [-0.15, -0.1) is 0 Å². The first kappa shape index (κ1) is 8.90. The molecule has 4 heteroatoms. The van der Waals surface area contributed by atoms with Crippen molar-refractivity contribution < 1.29 is 5.11 Å². The molecule has 4 nitrogen and oxygen atoms in total. The normalized spacial score (nSPS) is 12.7. The molecule has 0 spiro atoms. The highest BCUT2D eigenvalue weighted by atomic mass is 16.3. The number of aliphatic hydroxyl groups excluding tert-OH is 1. The van der Waals surface area contributed by atoms with Crippen molar-refractivity contribution in [3.63, 3.8) is 0 Å². The van der Waals surface area contributed by atoms with E-state index in [1.165, 1.54) is 0 Å². The molecule has 2 heterocycles. The second-order valence-electron chi connectivity index (χ2n) is 3.07. The molecule has 14 heavy (non-hydrogen) atoms. The van der Waals surface area contributed by atoms with Crippen LogP contribution in [0.25, 0.3) is 0 Å².